The third-order valence-electron chi connectivity index (χ3n) is 2.16. The molecule has 1 rings (SSSR count). The molecule has 3 nitrogen and oxygen atoms in total. The standard InChI is InChI=1S/C13H18FNO2/c1-13(2,3)7-8-17-12(16)15-11-6-4-5-10(14)9-11/h4-6,9H,7-8H2,1-3H3,(H,15,16). The molecule has 0 aliphatic carbocycles. The first-order valence-corrected chi connectivity index (χ1v) is 5.56. The van der Waals surface area contributed by atoms with Crippen LogP contribution in [0.3, 0.4) is 0 Å². The number of nitrogens with one attached hydrogen (secondary N) is 1. The van der Waals surface area contributed by atoms with Crippen LogP contribution >= 0.6 is 0 Å². The molecule has 0 radical (unpaired) electrons. The minimum atomic E-state index is -0.556. The maximum atomic E-state index is 12.8. The van der Waals surface area contributed by atoms with E-state index in [9.17, 15) is 9.18 Å². The van der Waals surface area contributed by atoms with Gasteiger partial charge in [-0.05, 0) is 30.0 Å². The molecule has 1 N–H and O–H groups in total. The number of ether oxygens (including phenoxy) is 1. The predicted molar refractivity (Wildman–Crippen MR) is 65.4 cm³/mol. The highest BCUT2D eigenvalue weighted by Crippen LogP contribution is 2.18. The normalized spacial score (nSPS) is 11.1. The Morgan fingerprint density at radius 1 is 1.41 bits per heavy atom. The summed E-state index contributed by atoms with van der Waals surface area (Å²) in [6.07, 6.45) is 0.226. The van der Waals surface area contributed by atoms with Crippen molar-refractivity contribution in [2.24, 2.45) is 5.41 Å². The van der Waals surface area contributed by atoms with Crippen molar-refractivity contribution >= 4 is 11.8 Å². The summed E-state index contributed by atoms with van der Waals surface area (Å²) in [4.78, 5) is 11.4. The Morgan fingerprint density at radius 3 is 2.71 bits per heavy atom. The Labute approximate surface area is 101 Å². The van der Waals surface area contributed by atoms with E-state index < -0.39 is 11.9 Å². The molecular weight excluding hydrogens is 221 g/mol. The lowest BCUT2D eigenvalue weighted by Gasteiger charge is -2.17. The molecule has 0 aliphatic rings. The monoisotopic (exact) mass is 239 g/mol. The number of carbonyl (C=O) groups is 1. The Kier molecular flexibility index (Phi) is 4.49. The van der Waals surface area contributed by atoms with Crippen LogP contribution in [0.1, 0.15) is 27.2 Å². The van der Waals surface area contributed by atoms with Crippen LogP contribution in [-0.4, -0.2) is 12.7 Å². The number of rotatable bonds is 3. The Morgan fingerprint density at radius 2 is 2.12 bits per heavy atom. The van der Waals surface area contributed by atoms with E-state index in [4.69, 9.17) is 4.74 Å². The van der Waals surface area contributed by atoms with Gasteiger partial charge in [-0.1, -0.05) is 26.8 Å². The van der Waals surface area contributed by atoms with Gasteiger partial charge in [0.2, 0.25) is 0 Å². The van der Waals surface area contributed by atoms with E-state index in [1.807, 2.05) is 0 Å². The summed E-state index contributed by atoms with van der Waals surface area (Å²) >= 11 is 0. The third-order valence-corrected chi connectivity index (χ3v) is 2.16. The summed E-state index contributed by atoms with van der Waals surface area (Å²) in [5, 5.41) is 2.47. The summed E-state index contributed by atoms with van der Waals surface area (Å²) in [5.41, 5.74) is 0.518. The molecular formula is C13H18FNO2. The van der Waals surface area contributed by atoms with Crippen LogP contribution in [-0.2, 0) is 4.74 Å². The number of anilines is 1. The minimum Gasteiger partial charge on any atom is -0.449 e. The second-order valence-corrected chi connectivity index (χ2v) is 5.08. The SMILES string of the molecule is CC(C)(C)CCOC(=O)Nc1cccc(F)c1. The molecule has 0 bridgehead atoms. The maximum absolute atomic E-state index is 12.8. The van der Waals surface area contributed by atoms with E-state index >= 15 is 0 Å². The quantitative estimate of drug-likeness (QED) is 0.871. The fraction of sp³-hybridized carbons (Fsp3) is 0.462. The summed E-state index contributed by atoms with van der Waals surface area (Å²) < 4.78 is 17.8. The highest BCUT2D eigenvalue weighted by atomic mass is 19.1. The summed E-state index contributed by atoms with van der Waals surface area (Å²) in [6, 6.07) is 5.69. The van der Waals surface area contributed by atoms with E-state index in [1.165, 1.54) is 18.2 Å². The van der Waals surface area contributed by atoms with E-state index in [1.54, 1.807) is 6.07 Å². The summed E-state index contributed by atoms with van der Waals surface area (Å²) in [5.74, 6) is -0.391. The van der Waals surface area contributed by atoms with Gasteiger partial charge < -0.3 is 4.74 Å². The number of hydrogen-bond acceptors (Lipinski definition) is 2. The molecule has 0 unspecified atom stereocenters. The summed E-state index contributed by atoms with van der Waals surface area (Å²) in [7, 11) is 0. The van der Waals surface area contributed by atoms with Crippen LogP contribution in [0.2, 0.25) is 0 Å². The molecule has 0 heterocycles. The first-order valence-electron chi connectivity index (χ1n) is 5.56. The molecule has 17 heavy (non-hydrogen) atoms. The van der Waals surface area contributed by atoms with Crippen molar-refractivity contribution in [2.75, 3.05) is 11.9 Å². The molecule has 0 aliphatic heterocycles. The van der Waals surface area contributed by atoms with Crippen LogP contribution in [0.25, 0.3) is 0 Å². The van der Waals surface area contributed by atoms with Gasteiger partial charge in [-0.2, -0.15) is 0 Å². The Balaban J connectivity index is 2.35. The highest BCUT2D eigenvalue weighted by molar-refractivity contribution is 5.84. The lowest BCUT2D eigenvalue weighted by molar-refractivity contribution is 0.145. The van der Waals surface area contributed by atoms with Gasteiger partial charge in [-0.3, -0.25) is 5.32 Å². The first-order chi connectivity index (χ1) is 7.87. The molecule has 94 valence electrons. The van der Waals surface area contributed by atoms with Gasteiger partial charge in [0.15, 0.2) is 0 Å². The van der Waals surface area contributed by atoms with Crippen LogP contribution in [0.4, 0.5) is 14.9 Å². The van der Waals surface area contributed by atoms with Crippen LogP contribution in [0.5, 0.6) is 0 Å². The van der Waals surface area contributed by atoms with Gasteiger partial charge in [0, 0.05) is 5.69 Å². The molecule has 4 heteroatoms. The van der Waals surface area contributed by atoms with Crippen LogP contribution in [0, 0.1) is 11.2 Å². The van der Waals surface area contributed by atoms with E-state index in [-0.39, 0.29) is 5.41 Å². The van der Waals surface area contributed by atoms with Gasteiger partial charge in [-0.15, -0.1) is 0 Å². The van der Waals surface area contributed by atoms with E-state index in [2.05, 4.69) is 26.1 Å². The van der Waals surface area contributed by atoms with Gasteiger partial charge >= 0.3 is 6.09 Å². The zero-order chi connectivity index (χ0) is 12.9. The second-order valence-electron chi connectivity index (χ2n) is 5.08. The number of hydrogen-bond donors (Lipinski definition) is 1. The zero-order valence-electron chi connectivity index (χ0n) is 10.4. The second kappa shape index (κ2) is 5.66. The van der Waals surface area contributed by atoms with Crippen molar-refractivity contribution in [1.29, 1.82) is 0 Å². The number of amides is 1. The molecule has 1 aromatic rings. The third kappa shape index (κ3) is 5.90. The molecule has 0 aromatic heterocycles. The van der Waals surface area contributed by atoms with Crippen molar-refractivity contribution in [3.63, 3.8) is 0 Å². The number of benzene rings is 1. The smallest absolute Gasteiger partial charge is 0.411 e. The van der Waals surface area contributed by atoms with Gasteiger partial charge in [-0.25, -0.2) is 9.18 Å². The number of halogens is 1. The molecule has 1 aromatic carbocycles. The molecule has 0 saturated carbocycles. The zero-order valence-corrected chi connectivity index (χ0v) is 10.4. The van der Waals surface area contributed by atoms with Crippen molar-refractivity contribution < 1.29 is 13.9 Å². The van der Waals surface area contributed by atoms with Crippen molar-refractivity contribution in [3.05, 3.63) is 30.1 Å². The van der Waals surface area contributed by atoms with Crippen molar-refractivity contribution in [3.8, 4) is 0 Å². The fourth-order valence-electron chi connectivity index (χ4n) is 1.17. The Hall–Kier alpha value is -1.58. The lowest BCUT2D eigenvalue weighted by Crippen LogP contribution is -2.17. The first kappa shape index (κ1) is 13.5. The molecule has 0 fully saturated rings. The highest BCUT2D eigenvalue weighted by Gasteiger charge is 2.11. The number of carbonyl (C=O) groups excluding carboxylic acids is 1. The van der Waals surface area contributed by atoms with Crippen LogP contribution in [0.15, 0.2) is 24.3 Å². The summed E-state index contributed by atoms with van der Waals surface area (Å²) in [6.45, 7) is 6.56. The van der Waals surface area contributed by atoms with E-state index in [0.29, 0.717) is 12.3 Å². The largest absolute Gasteiger partial charge is 0.449 e. The van der Waals surface area contributed by atoms with Crippen molar-refractivity contribution in [1.82, 2.24) is 0 Å². The average Bonchev–Trinajstić information content (AvgIpc) is 2.15. The Bertz CT molecular complexity index is 385. The van der Waals surface area contributed by atoms with Crippen LogP contribution < -0.4 is 5.32 Å². The maximum Gasteiger partial charge on any atom is 0.411 e. The molecule has 0 saturated heterocycles. The van der Waals surface area contributed by atoms with Gasteiger partial charge in [0.1, 0.15) is 5.82 Å². The van der Waals surface area contributed by atoms with Gasteiger partial charge in [0.05, 0.1) is 6.61 Å². The molecule has 0 atom stereocenters. The minimum absolute atomic E-state index is 0.124. The molecule has 0 spiro atoms. The van der Waals surface area contributed by atoms with Crippen molar-refractivity contribution in [2.45, 2.75) is 27.2 Å². The molecule has 1 amide bonds. The lowest BCUT2D eigenvalue weighted by atomic mass is 9.93. The average molecular weight is 239 g/mol. The fourth-order valence-corrected chi connectivity index (χ4v) is 1.17. The van der Waals surface area contributed by atoms with E-state index in [0.717, 1.165) is 6.42 Å². The van der Waals surface area contributed by atoms with Gasteiger partial charge in [0.25, 0.3) is 0 Å². The predicted octanol–water partition coefficient (Wildman–Crippen LogP) is 3.81. The topological polar surface area (TPSA) is 38.3 Å².